The molecule has 3 saturated heterocycles. The first-order chi connectivity index (χ1) is 51.5. The van der Waals surface area contributed by atoms with Crippen molar-refractivity contribution in [1.82, 2.24) is 83.3 Å². The predicted molar refractivity (Wildman–Crippen MR) is 396 cm³/mol. The number of carbonyl (C=O) groups is 13. The van der Waals surface area contributed by atoms with Gasteiger partial charge in [0.1, 0.15) is 66.2 Å². The second-order valence-electron chi connectivity index (χ2n) is 28.3. The van der Waals surface area contributed by atoms with E-state index in [0.717, 1.165) is 5.75 Å². The minimum atomic E-state index is -1.65. The second kappa shape index (κ2) is 41.3. The maximum atomic E-state index is 15.2. The van der Waals surface area contributed by atoms with Crippen LogP contribution in [0.25, 0.3) is 0 Å². The molecule has 4 aromatic rings. The number of hydrogen-bond acceptors (Lipinski definition) is 18. The fraction of sp³-hybridized carbons (Fsp3) is 0.556. The molecule has 3 fully saturated rings. The van der Waals surface area contributed by atoms with Gasteiger partial charge in [0, 0.05) is 80.0 Å². The van der Waals surface area contributed by atoms with Gasteiger partial charge in [-0.2, -0.15) is 11.8 Å². The predicted octanol–water partition coefficient (Wildman–Crippen LogP) is -0.450. The Morgan fingerprint density at radius 2 is 1.19 bits per heavy atom. The molecule has 0 unspecified atom stereocenters. The number of phenolic OH excluding ortho intramolecular Hbond substituents is 1. The van der Waals surface area contributed by atoms with E-state index in [1.165, 1.54) is 54.2 Å². The number of benzene rings is 2. The summed E-state index contributed by atoms with van der Waals surface area (Å²) in [6.45, 7) is 10.2. The molecule has 12 amide bonds. The Morgan fingerprint density at radius 3 is 1.79 bits per heavy atom. The summed E-state index contributed by atoms with van der Waals surface area (Å²) in [4.78, 5) is 201. The fourth-order valence-electron chi connectivity index (χ4n) is 13.0. The molecule has 36 heteroatoms. The zero-order valence-electron chi connectivity index (χ0n) is 61.5. The molecule has 5 heterocycles. The van der Waals surface area contributed by atoms with E-state index >= 15 is 14.4 Å². The lowest BCUT2D eigenvalue weighted by Crippen LogP contribution is -2.62. The number of urea groups is 1. The summed E-state index contributed by atoms with van der Waals surface area (Å²) in [6.07, 6.45) is 6.46. The maximum absolute atomic E-state index is 15.2. The summed E-state index contributed by atoms with van der Waals surface area (Å²) >= 11 is 1.71. The average molecular weight is 1520 g/mol. The van der Waals surface area contributed by atoms with E-state index in [2.05, 4.69) is 83.4 Å². The number of unbranched alkanes of at least 4 members (excludes halogenated alkanes) is 1. The summed E-state index contributed by atoms with van der Waals surface area (Å²) in [5.41, 5.74) is 13.0. The number of thioether (sulfide) groups is 1. The number of phenols is 1. The van der Waals surface area contributed by atoms with Gasteiger partial charge in [0.05, 0.1) is 31.2 Å². The summed E-state index contributed by atoms with van der Waals surface area (Å²) in [6, 6.07) is 0.0377. The van der Waals surface area contributed by atoms with Crippen LogP contribution in [0.5, 0.6) is 5.75 Å². The van der Waals surface area contributed by atoms with Crippen LogP contribution in [0, 0.1) is 17.8 Å². The third-order valence-corrected chi connectivity index (χ3v) is 20.5. The largest absolute Gasteiger partial charge is 0.508 e. The Morgan fingerprint density at radius 1 is 0.630 bits per heavy atom. The topological polar surface area (TPSA) is 540 Å². The van der Waals surface area contributed by atoms with Gasteiger partial charge in [-0.1, -0.05) is 96.8 Å². The van der Waals surface area contributed by atoms with Gasteiger partial charge in [0.2, 0.25) is 59.1 Å². The van der Waals surface area contributed by atoms with Gasteiger partial charge in [-0.15, -0.1) is 0 Å². The Bertz CT molecular complexity index is 3750. The molecule has 0 spiro atoms. The monoisotopic (exact) mass is 1520 g/mol. The average Bonchev–Trinajstić information content (AvgIpc) is 1.58. The lowest BCUT2D eigenvalue weighted by atomic mass is 9.96. The molecule has 0 radical (unpaired) electrons. The number of aliphatic carboxylic acids is 2. The maximum Gasteiger partial charge on any atom is 0.326 e. The van der Waals surface area contributed by atoms with E-state index in [1.54, 1.807) is 83.6 Å². The number of aromatic hydroxyl groups is 1. The van der Waals surface area contributed by atoms with E-state index in [-0.39, 0.29) is 118 Å². The quantitative estimate of drug-likeness (QED) is 0.0115. The lowest BCUT2D eigenvalue weighted by Gasteiger charge is -2.32. The van der Waals surface area contributed by atoms with Gasteiger partial charge >= 0.3 is 18.0 Å². The number of carboxylic acid groups (broad SMARTS) is 2. The molecule has 7 rings (SSSR count). The summed E-state index contributed by atoms with van der Waals surface area (Å²) < 4.78 is 0. The van der Waals surface area contributed by atoms with E-state index in [0.29, 0.717) is 48.2 Å². The Kier molecular flexibility index (Phi) is 32.3. The van der Waals surface area contributed by atoms with Crippen LogP contribution in [0.1, 0.15) is 135 Å². The molecular weight excluding hydrogens is 1420 g/mol. The van der Waals surface area contributed by atoms with Crippen molar-refractivity contribution >= 4 is 94.8 Å². The Balaban J connectivity index is 1.07. The summed E-state index contributed by atoms with van der Waals surface area (Å²) in [5.74, 6) is -12.1. The summed E-state index contributed by atoms with van der Waals surface area (Å²) in [7, 11) is 0. The number of likely N-dealkylation sites (tertiary alicyclic amines) is 1. The van der Waals surface area contributed by atoms with Crippen molar-refractivity contribution < 1.29 is 77.6 Å². The summed E-state index contributed by atoms with van der Waals surface area (Å²) in [5, 5.41) is 60.2. The third-order valence-electron chi connectivity index (χ3n) is 19.0. The van der Waals surface area contributed by atoms with Crippen LogP contribution in [0.4, 0.5) is 4.79 Å². The highest BCUT2D eigenvalue weighted by Gasteiger charge is 2.44. The zero-order valence-corrected chi connectivity index (χ0v) is 62.3. The number of nitrogens with two attached hydrogens (primary N) is 2. The minimum absolute atomic E-state index is 0.0153. The normalized spacial score (nSPS) is 18.6. The van der Waals surface area contributed by atoms with Crippen molar-refractivity contribution in [3.8, 4) is 5.75 Å². The number of carbonyl (C=O) groups excluding carboxylic acids is 11. The number of hydrogen-bond donors (Lipinski definition) is 18. The van der Waals surface area contributed by atoms with Crippen molar-refractivity contribution in [2.75, 3.05) is 18.8 Å². The molecule has 0 saturated carbocycles. The molecule has 3 aliphatic heterocycles. The van der Waals surface area contributed by atoms with E-state index in [9.17, 15) is 63.3 Å². The first kappa shape index (κ1) is 84.5. The highest BCUT2D eigenvalue weighted by molar-refractivity contribution is 8.00. The Labute approximate surface area is 629 Å². The van der Waals surface area contributed by atoms with E-state index in [1.807, 2.05) is 0 Å². The van der Waals surface area contributed by atoms with Crippen molar-refractivity contribution in [2.24, 2.45) is 34.2 Å². The molecule has 2 aromatic heterocycles. The number of rotatable bonds is 43. The number of H-pyrrole nitrogens is 2. The zero-order chi connectivity index (χ0) is 78.7. The number of amides is 12. The highest BCUT2D eigenvalue weighted by Crippen LogP contribution is 2.33. The Hall–Kier alpha value is -10.8. The van der Waals surface area contributed by atoms with E-state index < -0.39 is 150 Å². The number of carboxylic acids is 2. The molecule has 0 aliphatic carbocycles. The molecule has 0 bridgehead atoms. The van der Waals surface area contributed by atoms with Crippen molar-refractivity contribution in [3.05, 3.63) is 102 Å². The SMILES string of the molecule is CC[C@H](C)[C@H](NC(=O)[C@H](Cc1ccc(O)cc1)NC(=O)[C@@H](NC(=O)[C@H](CCCN=C(N)N)NC(=O)[C@H](CC(=O)O)NC(=O)CCCC[C@@H]1SC[C@@H]2NC(=O)N[C@@H]21)C(C)C)C(=O)N[C@@H](Cc1cnc[nH]1)C(=O)N1CCC[C@H]1C(=O)N[C@@H](Cc1ccccc1)C(=O)N[C@@H](Cc1cnc[nH]1)C(=O)N[C@@H](CC(C)C)C(=O)O. The number of aromatic amines is 2. The molecular formula is C72H103N19O16S. The van der Waals surface area contributed by atoms with Crippen molar-refractivity contribution in [2.45, 2.75) is 216 Å². The lowest BCUT2D eigenvalue weighted by molar-refractivity contribution is -0.143. The number of aliphatic imine (C=N–C) groups is 1. The third kappa shape index (κ3) is 26.0. The first-order valence-electron chi connectivity index (χ1n) is 36.4. The van der Waals surface area contributed by atoms with Crippen LogP contribution in [-0.4, -0.2) is 220 Å². The first-order valence-corrected chi connectivity index (χ1v) is 37.5. The van der Waals surface area contributed by atoms with Crippen LogP contribution in [0.2, 0.25) is 0 Å². The fourth-order valence-corrected chi connectivity index (χ4v) is 14.6. The van der Waals surface area contributed by atoms with Gasteiger partial charge in [0.15, 0.2) is 5.96 Å². The number of aromatic nitrogens is 4. The molecule has 35 nitrogen and oxygen atoms in total. The van der Waals surface area contributed by atoms with Crippen LogP contribution < -0.4 is 70.0 Å². The van der Waals surface area contributed by atoms with Gasteiger partial charge in [-0.3, -0.25) is 57.7 Å². The minimum Gasteiger partial charge on any atom is -0.508 e. The standard InChI is InChI=1S/C72H103N19O16S/c1-7-40(6)59(68(103)85-51(31-44-34-76-37-79-44)69(104)91-26-14-18-54(91)66(101)83-47(28-41-15-9-8-10-16-41)62(97)82-49(30-43-33-75-36-78-43)63(98)86-52(70(105)106)27-38(2)3)89-65(100)48(29-42-21-23-45(92)24-22-42)84-67(102)58(39(4)5)88-61(96)46(17-13-25-77-71(73)74)81-64(99)50(32-57(94)95)80-56(93)20-12-11-19-55-60-53(35-108-55)87-72(107)90-60/h8-10,15-16,21-24,33-34,36-40,46-55,58-60,92H,7,11-14,17-20,25-32,35H2,1-6H3,(H,75,78)(H,76,79)(H,80,93)(H,81,99)(H,82,97)(H,83,101)(H,84,102)(H,85,103)(H,86,98)(H,88,96)(H,89,100)(H,94,95)(H,105,106)(H4,73,74,77)(H2,87,90,107)/t40-,46-,47-,48-,49-,50-,51-,52-,53-,54-,55-,58-,59-,60-/m0/s1. The molecule has 3 aliphatic rings. The molecule has 588 valence electrons. The molecule has 20 N–H and O–H groups in total. The number of guanidine groups is 1. The number of fused-ring (bicyclic) bond motifs is 1. The number of nitrogens with one attached hydrogen (secondary N) is 13. The van der Waals surface area contributed by atoms with E-state index in [4.69, 9.17) is 11.5 Å². The highest BCUT2D eigenvalue weighted by atomic mass is 32.2. The van der Waals surface area contributed by atoms with Crippen LogP contribution in [0.3, 0.4) is 0 Å². The van der Waals surface area contributed by atoms with Crippen LogP contribution in [0.15, 0.2) is 84.6 Å². The van der Waals surface area contributed by atoms with Gasteiger partial charge in [-0.25, -0.2) is 19.6 Å². The smallest absolute Gasteiger partial charge is 0.326 e. The van der Waals surface area contributed by atoms with Crippen LogP contribution in [-0.2, 0) is 83.2 Å². The van der Waals surface area contributed by atoms with Crippen molar-refractivity contribution in [1.29, 1.82) is 0 Å². The van der Waals surface area contributed by atoms with Gasteiger partial charge in [0.25, 0.3) is 0 Å². The van der Waals surface area contributed by atoms with Gasteiger partial charge in [-0.05, 0) is 86.0 Å². The second-order valence-corrected chi connectivity index (χ2v) is 29.6. The number of imidazole rings is 2. The molecule has 108 heavy (non-hydrogen) atoms. The molecule has 14 atom stereocenters. The molecule has 2 aromatic carbocycles. The van der Waals surface area contributed by atoms with Crippen molar-refractivity contribution in [3.63, 3.8) is 0 Å². The van der Waals surface area contributed by atoms with Crippen LogP contribution >= 0.6 is 11.8 Å². The number of nitrogens with zero attached hydrogens (tertiary/aromatic N) is 4. The van der Waals surface area contributed by atoms with Gasteiger partial charge < -0.3 is 100 Å².